The van der Waals surface area contributed by atoms with Gasteiger partial charge in [-0.15, -0.1) is 11.3 Å². The second kappa shape index (κ2) is 13.2. The number of benzene rings is 2. The van der Waals surface area contributed by atoms with E-state index in [2.05, 4.69) is 9.88 Å². The van der Waals surface area contributed by atoms with Gasteiger partial charge in [-0.1, -0.05) is 23.7 Å². The summed E-state index contributed by atoms with van der Waals surface area (Å²) in [4.78, 5) is 18.3. The topological polar surface area (TPSA) is 157 Å². The number of nitriles is 1. The molecule has 8 rings (SSSR count). The van der Waals surface area contributed by atoms with Crippen molar-refractivity contribution < 1.29 is 22.8 Å². The maximum absolute atomic E-state index is 17.4. The zero-order valence-corrected chi connectivity index (χ0v) is 31.9. The molecule has 0 radical (unpaired) electrons. The van der Waals surface area contributed by atoms with Gasteiger partial charge < -0.3 is 30.4 Å². The van der Waals surface area contributed by atoms with Gasteiger partial charge in [0.2, 0.25) is 0 Å². The van der Waals surface area contributed by atoms with Crippen molar-refractivity contribution in [3.63, 3.8) is 0 Å². The summed E-state index contributed by atoms with van der Waals surface area (Å²) in [6.07, 6.45) is 5.03. The monoisotopic (exact) mass is 778 g/mol. The Balaban J connectivity index is 1.31. The molecule has 3 atom stereocenters. The number of pyridine rings is 1. The maximum atomic E-state index is 17.4. The number of nitrogens with two attached hydrogens (primary N) is 2. The predicted octanol–water partition coefficient (Wildman–Crippen LogP) is 7.69. The van der Waals surface area contributed by atoms with Crippen molar-refractivity contribution in [2.45, 2.75) is 37.8 Å². The molecule has 53 heavy (non-hydrogen) atoms. The van der Waals surface area contributed by atoms with Crippen LogP contribution in [0, 0.1) is 28.9 Å². The molecule has 11 nitrogen and oxygen atoms in total. The highest BCUT2D eigenvalue weighted by molar-refractivity contribution is 7.62. The number of rotatable bonds is 8. The lowest BCUT2D eigenvalue weighted by molar-refractivity contribution is 0.107. The first-order valence-electron chi connectivity index (χ1n) is 17.5. The van der Waals surface area contributed by atoms with Crippen LogP contribution in [0.5, 0.6) is 11.8 Å². The molecule has 3 aromatic heterocycles. The van der Waals surface area contributed by atoms with E-state index < -0.39 is 18.8 Å². The molecule has 16 heteroatoms. The third-order valence-electron chi connectivity index (χ3n) is 10.8. The van der Waals surface area contributed by atoms with Gasteiger partial charge in [-0.05, 0) is 69.7 Å². The number of halogens is 3. The van der Waals surface area contributed by atoms with E-state index in [-0.39, 0.29) is 90.2 Å². The molecule has 3 aliphatic heterocycles. The van der Waals surface area contributed by atoms with E-state index in [0.29, 0.717) is 24.3 Å². The summed E-state index contributed by atoms with van der Waals surface area (Å²) in [5, 5.41) is 10.4. The lowest BCUT2D eigenvalue weighted by atomic mass is 9.91. The van der Waals surface area contributed by atoms with Crippen LogP contribution in [0.3, 0.4) is 0 Å². The Morgan fingerprint density at radius 3 is 2.79 bits per heavy atom. The Morgan fingerprint density at radius 1 is 1.23 bits per heavy atom. The minimum Gasteiger partial charge on any atom is -0.489 e. The van der Waals surface area contributed by atoms with Gasteiger partial charge in [0.1, 0.15) is 47.3 Å². The molecule has 2 aromatic carbocycles. The summed E-state index contributed by atoms with van der Waals surface area (Å²) >= 11 is 8.01. The molecule has 5 aromatic rings. The van der Waals surface area contributed by atoms with Crippen LogP contribution < -0.4 is 25.8 Å². The normalized spacial score (nSPS) is 20.7. The number of nitrogens with zero attached hydrogens (tertiary/aromatic N) is 6. The van der Waals surface area contributed by atoms with Gasteiger partial charge in [0.15, 0.2) is 11.6 Å². The zero-order valence-electron chi connectivity index (χ0n) is 29.5. The first-order chi connectivity index (χ1) is 25.3. The second-order valence-corrected chi connectivity index (χ2v) is 19.7. The van der Waals surface area contributed by atoms with Crippen molar-refractivity contribution >= 4 is 67.7 Å². The van der Waals surface area contributed by atoms with E-state index in [4.69, 9.17) is 42.5 Å². The molecule has 0 aliphatic carbocycles. The third-order valence-corrected chi connectivity index (χ3v) is 13.6. The van der Waals surface area contributed by atoms with Crippen LogP contribution in [0.25, 0.3) is 32.1 Å². The van der Waals surface area contributed by atoms with E-state index in [1.54, 1.807) is 12.3 Å². The number of anilines is 3. The Labute approximate surface area is 314 Å². The maximum Gasteiger partial charge on any atom is 0.319 e. The summed E-state index contributed by atoms with van der Waals surface area (Å²) in [7, 11) is -2.23. The highest BCUT2D eigenvalue weighted by atomic mass is 35.5. The molecule has 0 bridgehead atoms. The van der Waals surface area contributed by atoms with Crippen LogP contribution in [0.15, 0.2) is 30.5 Å². The molecule has 0 amide bonds. The van der Waals surface area contributed by atoms with Crippen LogP contribution in [-0.4, -0.2) is 77.7 Å². The smallest absolute Gasteiger partial charge is 0.319 e. The fourth-order valence-corrected chi connectivity index (χ4v) is 11.4. The van der Waals surface area contributed by atoms with Gasteiger partial charge in [-0.3, -0.25) is 4.90 Å². The summed E-state index contributed by atoms with van der Waals surface area (Å²) in [5.41, 5.74) is 12.9. The molecular weight excluding hydrogens is 741 g/mol. The fraction of sp³-hybridized carbons (Fsp3) is 0.405. The van der Waals surface area contributed by atoms with Gasteiger partial charge in [-0.25, -0.2) is 13.8 Å². The Bertz CT molecular complexity index is 2400. The van der Waals surface area contributed by atoms with Crippen molar-refractivity contribution in [3.05, 3.63) is 58.2 Å². The van der Waals surface area contributed by atoms with Crippen LogP contribution in [0.2, 0.25) is 5.02 Å². The summed E-state index contributed by atoms with van der Waals surface area (Å²) in [5.74, 6) is -0.299. The Kier molecular flexibility index (Phi) is 8.92. The molecular formula is C37H38ClF2N8O3PS. The van der Waals surface area contributed by atoms with Gasteiger partial charge in [0, 0.05) is 35.4 Å². The molecule has 3 aliphatic rings. The molecule has 6 heterocycles. The Morgan fingerprint density at radius 2 is 2.04 bits per heavy atom. The number of hydrogen-bond donors (Lipinski definition) is 2. The van der Waals surface area contributed by atoms with Crippen LogP contribution >= 0.6 is 30.1 Å². The third kappa shape index (κ3) is 6.02. The lowest BCUT2D eigenvalue weighted by Gasteiger charge is -2.32. The average Bonchev–Trinajstić information content (AvgIpc) is 3.71. The molecule has 0 unspecified atom stereocenters. The minimum atomic E-state index is -2.23. The minimum absolute atomic E-state index is 0.0287. The van der Waals surface area contributed by atoms with Crippen LogP contribution in [0.1, 0.15) is 43.4 Å². The van der Waals surface area contributed by atoms with E-state index in [9.17, 15) is 9.83 Å². The SMILES string of the molecule is C[C@H](c1cccnc1N)N1CCOc2c(Cl)c(-c3ccc(F)c4sc(N)c(C#N)c34)c(F)c3nc(OC[C@@]45CCCN4C[C@@H](CP(C)(C)=O)C5)nc1c23. The van der Waals surface area contributed by atoms with Gasteiger partial charge in [-0.2, -0.15) is 15.2 Å². The fourth-order valence-electron chi connectivity index (χ4n) is 8.66. The Hall–Kier alpha value is -4.28. The largest absolute Gasteiger partial charge is 0.489 e. The van der Waals surface area contributed by atoms with Crippen molar-refractivity contribution in [1.29, 1.82) is 5.26 Å². The van der Waals surface area contributed by atoms with E-state index in [1.807, 2.05) is 37.3 Å². The van der Waals surface area contributed by atoms with Crippen LogP contribution in [0.4, 0.5) is 25.4 Å². The molecule has 4 N–H and O–H groups in total. The molecule has 2 saturated heterocycles. The molecule has 0 spiro atoms. The number of ether oxygens (including phenoxy) is 2. The highest BCUT2D eigenvalue weighted by Crippen LogP contribution is 2.52. The van der Waals surface area contributed by atoms with Crippen molar-refractivity contribution in [2.75, 3.05) is 68.7 Å². The van der Waals surface area contributed by atoms with Gasteiger partial charge in [0.25, 0.3) is 0 Å². The zero-order chi connectivity index (χ0) is 37.4. The number of hydrogen-bond acceptors (Lipinski definition) is 12. The summed E-state index contributed by atoms with van der Waals surface area (Å²) in [6.45, 7) is 8.10. The van der Waals surface area contributed by atoms with Crippen molar-refractivity contribution in [2.24, 2.45) is 5.92 Å². The first-order valence-corrected chi connectivity index (χ1v) is 21.4. The van der Waals surface area contributed by atoms with E-state index in [0.717, 1.165) is 49.3 Å². The number of thiophene rings is 1. The lowest BCUT2D eigenvalue weighted by Crippen LogP contribution is -2.43. The van der Waals surface area contributed by atoms with E-state index >= 15 is 8.78 Å². The van der Waals surface area contributed by atoms with E-state index in [1.165, 1.54) is 12.1 Å². The second-order valence-electron chi connectivity index (χ2n) is 14.7. The summed E-state index contributed by atoms with van der Waals surface area (Å²) in [6, 6.07) is 7.89. The number of fused-ring (bicyclic) bond motifs is 2. The quantitative estimate of drug-likeness (QED) is 0.149. The first kappa shape index (κ1) is 35.7. The molecule has 0 saturated carbocycles. The van der Waals surface area contributed by atoms with Gasteiger partial charge >= 0.3 is 6.01 Å². The molecule has 276 valence electrons. The summed E-state index contributed by atoms with van der Waals surface area (Å²) < 4.78 is 58.2. The van der Waals surface area contributed by atoms with Crippen molar-refractivity contribution in [3.8, 4) is 29.0 Å². The predicted molar refractivity (Wildman–Crippen MR) is 206 cm³/mol. The van der Waals surface area contributed by atoms with Crippen molar-refractivity contribution in [1.82, 2.24) is 19.9 Å². The average molecular weight is 779 g/mol. The standard InChI is InChI=1S/C37H38ClF2N8O3PS/c1-19(21-6-4-10-44-33(21)42)48-12-13-50-31-27-30(29(40)26(28(31)38)22-7-8-24(39)32-25(22)23(15-41)34(43)53-32)45-36(46-35(27)48)51-18-37-9-5-11-47(37)16-20(14-37)17-52(2,3)49/h4,6-8,10,19-20H,5,9,11-14,16-18,43H2,1-3H3,(H2,42,44)/t19-,20+,37+/m1/s1. The number of aromatic nitrogens is 3. The number of nitrogen functional groups attached to an aromatic ring is 2. The molecule has 2 fully saturated rings. The van der Waals surface area contributed by atoms with Gasteiger partial charge in [0.05, 0.1) is 45.9 Å². The van der Waals surface area contributed by atoms with Crippen LogP contribution in [-0.2, 0) is 4.57 Å². The highest BCUT2D eigenvalue weighted by Gasteiger charge is 2.49.